The van der Waals surface area contributed by atoms with Crippen molar-refractivity contribution in [2.24, 2.45) is 5.92 Å². The molecule has 1 aliphatic rings. The van der Waals surface area contributed by atoms with Crippen LogP contribution < -0.4 is 5.73 Å². The number of fused-ring (bicyclic) bond motifs is 1. The van der Waals surface area contributed by atoms with Crippen LogP contribution in [-0.2, 0) is 12.8 Å². The van der Waals surface area contributed by atoms with Gasteiger partial charge in [-0.05, 0) is 55.7 Å². The van der Waals surface area contributed by atoms with Gasteiger partial charge in [0.15, 0.2) is 0 Å². The predicted molar refractivity (Wildman–Crippen MR) is 98.7 cm³/mol. The predicted octanol–water partition coefficient (Wildman–Crippen LogP) is 4.72. The number of hydrogen-bond donors (Lipinski definition) is 1. The summed E-state index contributed by atoms with van der Waals surface area (Å²) in [6.07, 6.45) is 5.58. The molecule has 0 saturated carbocycles. The maximum Gasteiger partial charge on any atom is 0.142 e. The number of nitrogen functional groups attached to an aromatic ring is 1. The average molecular weight is 319 g/mol. The molecule has 1 aromatic heterocycles. The second-order valence-electron chi connectivity index (χ2n) is 7.00. The Balaban J connectivity index is 2.26. The Bertz CT molecular complexity index is 815. The van der Waals surface area contributed by atoms with Crippen LogP contribution in [0.5, 0.6) is 0 Å². The SMILES string of the molecule is CCCC1CCc2nc(N)c(C#N)c(-c3cc(C)ccc3C)c2C1. The van der Waals surface area contributed by atoms with Crippen LogP contribution in [0.1, 0.15) is 54.1 Å². The third-order valence-electron chi connectivity index (χ3n) is 5.17. The third kappa shape index (κ3) is 2.89. The van der Waals surface area contributed by atoms with E-state index in [1.807, 2.05) is 0 Å². The number of nitriles is 1. The smallest absolute Gasteiger partial charge is 0.142 e. The molecule has 24 heavy (non-hydrogen) atoms. The number of anilines is 1. The number of nitrogens with zero attached hydrogens (tertiary/aromatic N) is 2. The third-order valence-corrected chi connectivity index (χ3v) is 5.17. The zero-order valence-corrected chi connectivity index (χ0v) is 14.8. The molecule has 124 valence electrons. The van der Waals surface area contributed by atoms with E-state index in [1.165, 1.54) is 36.0 Å². The summed E-state index contributed by atoms with van der Waals surface area (Å²) in [5.41, 5.74) is 13.6. The van der Waals surface area contributed by atoms with Gasteiger partial charge in [0.1, 0.15) is 17.5 Å². The Morgan fingerprint density at radius 2 is 2.12 bits per heavy atom. The summed E-state index contributed by atoms with van der Waals surface area (Å²) in [5, 5.41) is 9.72. The molecule has 1 unspecified atom stereocenters. The molecule has 0 aliphatic heterocycles. The number of aromatic nitrogens is 1. The fraction of sp³-hybridized carbons (Fsp3) is 0.429. The first kappa shape index (κ1) is 16.5. The van der Waals surface area contributed by atoms with Crippen LogP contribution in [0.3, 0.4) is 0 Å². The molecule has 2 aromatic rings. The monoisotopic (exact) mass is 319 g/mol. The maximum atomic E-state index is 9.72. The van der Waals surface area contributed by atoms with Gasteiger partial charge in [-0.25, -0.2) is 4.98 Å². The Labute approximate surface area is 144 Å². The van der Waals surface area contributed by atoms with Crippen molar-refractivity contribution in [1.82, 2.24) is 4.98 Å². The Morgan fingerprint density at radius 1 is 1.33 bits per heavy atom. The zero-order chi connectivity index (χ0) is 17.3. The average Bonchev–Trinajstić information content (AvgIpc) is 2.56. The molecular formula is C21H25N3. The highest BCUT2D eigenvalue weighted by atomic mass is 14.9. The van der Waals surface area contributed by atoms with Crippen molar-refractivity contribution < 1.29 is 0 Å². The lowest BCUT2D eigenvalue weighted by Crippen LogP contribution is -2.18. The molecular weight excluding hydrogens is 294 g/mol. The van der Waals surface area contributed by atoms with Gasteiger partial charge in [0.2, 0.25) is 0 Å². The van der Waals surface area contributed by atoms with Gasteiger partial charge in [0, 0.05) is 11.3 Å². The zero-order valence-electron chi connectivity index (χ0n) is 14.8. The minimum absolute atomic E-state index is 0.376. The van der Waals surface area contributed by atoms with E-state index in [0.29, 0.717) is 17.3 Å². The molecule has 1 aromatic carbocycles. The highest BCUT2D eigenvalue weighted by molar-refractivity contribution is 5.81. The van der Waals surface area contributed by atoms with E-state index >= 15 is 0 Å². The fourth-order valence-electron chi connectivity index (χ4n) is 3.92. The summed E-state index contributed by atoms with van der Waals surface area (Å²) in [6, 6.07) is 8.73. The van der Waals surface area contributed by atoms with Crippen LogP contribution in [0.2, 0.25) is 0 Å². The van der Waals surface area contributed by atoms with Crippen LogP contribution in [0.25, 0.3) is 11.1 Å². The summed E-state index contributed by atoms with van der Waals surface area (Å²) < 4.78 is 0. The second kappa shape index (κ2) is 6.65. The van der Waals surface area contributed by atoms with Crippen molar-refractivity contribution >= 4 is 5.82 Å². The highest BCUT2D eigenvalue weighted by Gasteiger charge is 2.26. The molecule has 0 radical (unpaired) electrons. The number of hydrogen-bond acceptors (Lipinski definition) is 3. The maximum absolute atomic E-state index is 9.72. The highest BCUT2D eigenvalue weighted by Crippen LogP contribution is 2.39. The number of pyridine rings is 1. The van der Waals surface area contributed by atoms with E-state index in [0.717, 1.165) is 29.7 Å². The van der Waals surface area contributed by atoms with Crippen LogP contribution >= 0.6 is 0 Å². The molecule has 3 nitrogen and oxygen atoms in total. The van der Waals surface area contributed by atoms with Crippen LogP contribution in [0.15, 0.2) is 18.2 Å². The van der Waals surface area contributed by atoms with Crippen molar-refractivity contribution in [2.75, 3.05) is 5.73 Å². The molecule has 0 amide bonds. The lowest BCUT2D eigenvalue weighted by atomic mass is 9.79. The van der Waals surface area contributed by atoms with E-state index in [4.69, 9.17) is 5.73 Å². The van der Waals surface area contributed by atoms with Gasteiger partial charge >= 0.3 is 0 Å². The Kier molecular flexibility index (Phi) is 4.57. The topological polar surface area (TPSA) is 62.7 Å². The number of nitrogens with two attached hydrogens (primary N) is 1. The molecule has 3 rings (SSSR count). The summed E-state index contributed by atoms with van der Waals surface area (Å²) in [6.45, 7) is 6.43. The lowest BCUT2D eigenvalue weighted by molar-refractivity contribution is 0.419. The van der Waals surface area contributed by atoms with Gasteiger partial charge in [-0.2, -0.15) is 5.26 Å². The van der Waals surface area contributed by atoms with E-state index in [9.17, 15) is 5.26 Å². The molecule has 3 heteroatoms. The molecule has 0 bridgehead atoms. The second-order valence-corrected chi connectivity index (χ2v) is 7.00. The largest absolute Gasteiger partial charge is 0.383 e. The first-order valence-corrected chi connectivity index (χ1v) is 8.84. The standard InChI is InChI=1S/C21H25N3/c1-4-5-15-8-9-19-17(11-15)20(18(12-22)21(23)24-19)16-10-13(2)6-7-14(16)3/h6-7,10,15H,4-5,8-9,11H2,1-3H3,(H2,23,24). The van der Waals surface area contributed by atoms with Crippen molar-refractivity contribution in [3.8, 4) is 17.2 Å². The number of benzene rings is 1. The molecule has 1 heterocycles. The van der Waals surface area contributed by atoms with Crippen LogP contribution in [0.4, 0.5) is 5.82 Å². The van der Waals surface area contributed by atoms with Gasteiger partial charge < -0.3 is 5.73 Å². The quantitative estimate of drug-likeness (QED) is 0.890. The molecule has 0 spiro atoms. The van der Waals surface area contributed by atoms with Crippen LogP contribution in [-0.4, -0.2) is 4.98 Å². The van der Waals surface area contributed by atoms with Crippen molar-refractivity contribution in [3.63, 3.8) is 0 Å². The molecule has 0 saturated heterocycles. The minimum Gasteiger partial charge on any atom is -0.383 e. The fourth-order valence-corrected chi connectivity index (χ4v) is 3.92. The summed E-state index contributed by atoms with van der Waals surface area (Å²) >= 11 is 0. The number of rotatable bonds is 3. The van der Waals surface area contributed by atoms with E-state index < -0.39 is 0 Å². The van der Waals surface area contributed by atoms with Gasteiger partial charge in [0.25, 0.3) is 0 Å². The molecule has 1 atom stereocenters. The van der Waals surface area contributed by atoms with Gasteiger partial charge in [-0.15, -0.1) is 0 Å². The first-order valence-electron chi connectivity index (χ1n) is 8.84. The van der Waals surface area contributed by atoms with E-state index in [-0.39, 0.29) is 0 Å². The summed E-state index contributed by atoms with van der Waals surface area (Å²) in [5.74, 6) is 1.06. The van der Waals surface area contributed by atoms with Gasteiger partial charge in [-0.3, -0.25) is 0 Å². The van der Waals surface area contributed by atoms with Gasteiger partial charge in [0.05, 0.1) is 0 Å². The molecule has 1 aliphatic carbocycles. The van der Waals surface area contributed by atoms with Crippen molar-refractivity contribution in [2.45, 2.75) is 52.9 Å². The minimum atomic E-state index is 0.376. The normalized spacial score (nSPS) is 16.5. The Hall–Kier alpha value is -2.34. The summed E-state index contributed by atoms with van der Waals surface area (Å²) in [4.78, 5) is 4.57. The van der Waals surface area contributed by atoms with E-state index in [1.54, 1.807) is 0 Å². The molecule has 2 N–H and O–H groups in total. The van der Waals surface area contributed by atoms with Crippen molar-refractivity contribution in [3.05, 3.63) is 46.1 Å². The number of aryl methyl sites for hydroxylation is 3. The Morgan fingerprint density at radius 3 is 2.83 bits per heavy atom. The first-order chi connectivity index (χ1) is 11.5. The van der Waals surface area contributed by atoms with E-state index in [2.05, 4.69) is 50.0 Å². The van der Waals surface area contributed by atoms with Crippen LogP contribution in [0, 0.1) is 31.1 Å². The molecule has 0 fully saturated rings. The lowest BCUT2D eigenvalue weighted by Gasteiger charge is -2.27. The van der Waals surface area contributed by atoms with Crippen molar-refractivity contribution in [1.29, 1.82) is 5.26 Å². The van der Waals surface area contributed by atoms with Gasteiger partial charge in [-0.1, -0.05) is 43.5 Å². The summed E-state index contributed by atoms with van der Waals surface area (Å²) in [7, 11) is 0.